The van der Waals surface area contributed by atoms with E-state index in [0.717, 1.165) is 19.3 Å². The standard InChI is InChI=1S/C15H30N2O2/c1-12(2)17(10-11-19-3)15(18)9-6-13-4-7-14(16)8-5-13/h12-14H,4-11,16H2,1-3H3. The number of rotatable bonds is 7. The van der Waals surface area contributed by atoms with Gasteiger partial charge >= 0.3 is 0 Å². The number of carbonyl (C=O) groups is 1. The molecule has 0 aromatic rings. The summed E-state index contributed by atoms with van der Waals surface area (Å²) in [6.07, 6.45) is 6.30. The maximum Gasteiger partial charge on any atom is 0.222 e. The normalized spacial score (nSPS) is 23.6. The molecule has 1 fully saturated rings. The molecule has 4 nitrogen and oxygen atoms in total. The molecule has 1 rings (SSSR count). The van der Waals surface area contributed by atoms with Crippen molar-refractivity contribution < 1.29 is 9.53 Å². The molecule has 0 radical (unpaired) electrons. The molecule has 0 saturated heterocycles. The minimum absolute atomic E-state index is 0.252. The first kappa shape index (κ1) is 16.4. The summed E-state index contributed by atoms with van der Waals surface area (Å²) < 4.78 is 5.07. The Morgan fingerprint density at radius 3 is 2.47 bits per heavy atom. The summed E-state index contributed by atoms with van der Waals surface area (Å²) in [5, 5.41) is 0. The number of nitrogens with zero attached hydrogens (tertiary/aromatic N) is 1. The fourth-order valence-corrected chi connectivity index (χ4v) is 2.81. The number of nitrogens with two attached hydrogens (primary N) is 1. The van der Waals surface area contributed by atoms with Gasteiger partial charge in [0.1, 0.15) is 0 Å². The molecule has 0 aromatic carbocycles. The lowest BCUT2D eigenvalue weighted by molar-refractivity contribution is -0.134. The van der Waals surface area contributed by atoms with Crippen molar-refractivity contribution in [3.63, 3.8) is 0 Å². The van der Waals surface area contributed by atoms with Gasteiger partial charge in [-0.15, -0.1) is 0 Å². The van der Waals surface area contributed by atoms with Crippen molar-refractivity contribution in [3.05, 3.63) is 0 Å². The molecule has 1 amide bonds. The van der Waals surface area contributed by atoms with E-state index in [-0.39, 0.29) is 11.9 Å². The highest BCUT2D eigenvalue weighted by Gasteiger charge is 2.21. The maximum absolute atomic E-state index is 12.2. The monoisotopic (exact) mass is 270 g/mol. The van der Waals surface area contributed by atoms with Gasteiger partial charge in [0.25, 0.3) is 0 Å². The van der Waals surface area contributed by atoms with E-state index in [0.29, 0.717) is 31.5 Å². The maximum atomic E-state index is 12.2. The summed E-state index contributed by atoms with van der Waals surface area (Å²) in [5.74, 6) is 0.960. The van der Waals surface area contributed by atoms with Gasteiger partial charge in [0, 0.05) is 32.2 Å². The smallest absolute Gasteiger partial charge is 0.222 e. The summed E-state index contributed by atoms with van der Waals surface area (Å²) in [6.45, 7) is 5.44. The van der Waals surface area contributed by atoms with Crippen LogP contribution in [-0.4, -0.2) is 43.2 Å². The minimum atomic E-state index is 0.252. The van der Waals surface area contributed by atoms with Crippen LogP contribution in [0.5, 0.6) is 0 Å². The molecule has 1 aliphatic rings. The average molecular weight is 270 g/mol. The second-order valence-corrected chi connectivity index (χ2v) is 5.99. The van der Waals surface area contributed by atoms with Crippen molar-refractivity contribution in [1.29, 1.82) is 0 Å². The molecule has 0 aromatic heterocycles. The van der Waals surface area contributed by atoms with Crippen LogP contribution in [0.3, 0.4) is 0 Å². The van der Waals surface area contributed by atoms with Gasteiger partial charge in [-0.1, -0.05) is 0 Å². The van der Waals surface area contributed by atoms with Gasteiger partial charge in [-0.05, 0) is 51.9 Å². The first-order chi connectivity index (χ1) is 9.04. The Hall–Kier alpha value is -0.610. The quantitative estimate of drug-likeness (QED) is 0.771. The fraction of sp³-hybridized carbons (Fsp3) is 0.933. The molecular formula is C15H30N2O2. The summed E-state index contributed by atoms with van der Waals surface area (Å²) in [7, 11) is 1.67. The van der Waals surface area contributed by atoms with E-state index in [9.17, 15) is 4.79 Å². The highest BCUT2D eigenvalue weighted by molar-refractivity contribution is 5.76. The van der Waals surface area contributed by atoms with Crippen molar-refractivity contribution in [2.45, 2.75) is 64.5 Å². The largest absolute Gasteiger partial charge is 0.383 e. The summed E-state index contributed by atoms with van der Waals surface area (Å²) in [4.78, 5) is 14.2. The van der Waals surface area contributed by atoms with E-state index in [4.69, 9.17) is 10.5 Å². The second-order valence-electron chi connectivity index (χ2n) is 5.99. The summed E-state index contributed by atoms with van der Waals surface area (Å²) in [6, 6.07) is 0.642. The molecule has 4 heteroatoms. The number of carbonyl (C=O) groups excluding carboxylic acids is 1. The van der Waals surface area contributed by atoms with Gasteiger partial charge in [-0.2, -0.15) is 0 Å². The zero-order valence-electron chi connectivity index (χ0n) is 12.7. The van der Waals surface area contributed by atoms with Crippen LogP contribution >= 0.6 is 0 Å². The van der Waals surface area contributed by atoms with Gasteiger partial charge in [-0.25, -0.2) is 0 Å². The topological polar surface area (TPSA) is 55.6 Å². The third kappa shape index (κ3) is 5.91. The van der Waals surface area contributed by atoms with Crippen molar-refractivity contribution in [1.82, 2.24) is 4.90 Å². The zero-order chi connectivity index (χ0) is 14.3. The molecule has 0 atom stereocenters. The fourth-order valence-electron chi connectivity index (χ4n) is 2.81. The van der Waals surface area contributed by atoms with E-state index in [2.05, 4.69) is 13.8 Å². The third-order valence-corrected chi connectivity index (χ3v) is 4.14. The van der Waals surface area contributed by atoms with E-state index < -0.39 is 0 Å². The van der Waals surface area contributed by atoms with Crippen LogP contribution < -0.4 is 5.73 Å². The highest BCUT2D eigenvalue weighted by atomic mass is 16.5. The Labute approximate surface area is 117 Å². The van der Waals surface area contributed by atoms with Gasteiger partial charge in [0.2, 0.25) is 5.91 Å². The Morgan fingerprint density at radius 1 is 1.32 bits per heavy atom. The van der Waals surface area contributed by atoms with Crippen LogP contribution in [0.4, 0.5) is 0 Å². The molecule has 0 spiro atoms. The molecule has 0 aliphatic heterocycles. The molecular weight excluding hydrogens is 240 g/mol. The van der Waals surface area contributed by atoms with Crippen LogP contribution in [0.25, 0.3) is 0 Å². The predicted molar refractivity (Wildman–Crippen MR) is 77.9 cm³/mol. The Balaban J connectivity index is 2.31. The first-order valence-corrected chi connectivity index (χ1v) is 7.58. The lowest BCUT2D eigenvalue weighted by Gasteiger charge is -2.29. The van der Waals surface area contributed by atoms with E-state index in [1.807, 2.05) is 4.90 Å². The third-order valence-electron chi connectivity index (χ3n) is 4.14. The zero-order valence-corrected chi connectivity index (χ0v) is 12.7. The Bertz CT molecular complexity index is 261. The Kier molecular flexibility index (Phi) is 7.39. The van der Waals surface area contributed by atoms with Crippen molar-refractivity contribution >= 4 is 5.91 Å². The molecule has 1 aliphatic carbocycles. The Morgan fingerprint density at radius 2 is 1.95 bits per heavy atom. The molecule has 19 heavy (non-hydrogen) atoms. The van der Waals surface area contributed by atoms with Gasteiger partial charge in [0.15, 0.2) is 0 Å². The summed E-state index contributed by atoms with van der Waals surface area (Å²) >= 11 is 0. The van der Waals surface area contributed by atoms with Gasteiger partial charge in [0.05, 0.1) is 6.61 Å². The predicted octanol–water partition coefficient (Wildman–Crippen LogP) is 2.17. The van der Waals surface area contributed by atoms with Crippen LogP contribution in [0.1, 0.15) is 52.4 Å². The second kappa shape index (κ2) is 8.54. The molecule has 0 heterocycles. The van der Waals surface area contributed by atoms with E-state index in [1.54, 1.807) is 7.11 Å². The van der Waals surface area contributed by atoms with E-state index >= 15 is 0 Å². The number of hydrogen-bond donors (Lipinski definition) is 1. The van der Waals surface area contributed by atoms with Gasteiger partial charge in [-0.3, -0.25) is 4.79 Å². The average Bonchev–Trinajstić information content (AvgIpc) is 2.38. The van der Waals surface area contributed by atoms with Crippen LogP contribution in [0.2, 0.25) is 0 Å². The van der Waals surface area contributed by atoms with Gasteiger partial charge < -0.3 is 15.4 Å². The van der Waals surface area contributed by atoms with Crippen molar-refractivity contribution in [2.75, 3.05) is 20.3 Å². The van der Waals surface area contributed by atoms with Crippen LogP contribution in [0, 0.1) is 5.92 Å². The molecule has 0 bridgehead atoms. The molecule has 0 unspecified atom stereocenters. The van der Waals surface area contributed by atoms with E-state index in [1.165, 1.54) is 12.8 Å². The van der Waals surface area contributed by atoms with Crippen LogP contribution in [0.15, 0.2) is 0 Å². The van der Waals surface area contributed by atoms with Crippen LogP contribution in [-0.2, 0) is 9.53 Å². The molecule has 112 valence electrons. The lowest BCUT2D eigenvalue weighted by Crippen LogP contribution is -2.39. The highest BCUT2D eigenvalue weighted by Crippen LogP contribution is 2.27. The molecule has 1 saturated carbocycles. The lowest BCUT2D eigenvalue weighted by atomic mass is 9.83. The molecule has 2 N–H and O–H groups in total. The first-order valence-electron chi connectivity index (χ1n) is 7.58. The number of hydrogen-bond acceptors (Lipinski definition) is 3. The number of amides is 1. The van der Waals surface area contributed by atoms with Crippen molar-refractivity contribution in [2.24, 2.45) is 11.7 Å². The number of ether oxygens (including phenoxy) is 1. The minimum Gasteiger partial charge on any atom is -0.383 e. The number of methoxy groups -OCH3 is 1. The SMILES string of the molecule is COCCN(C(=O)CCC1CCC(N)CC1)C(C)C. The summed E-state index contributed by atoms with van der Waals surface area (Å²) in [5.41, 5.74) is 5.91. The van der Waals surface area contributed by atoms with Crippen molar-refractivity contribution in [3.8, 4) is 0 Å².